The summed E-state index contributed by atoms with van der Waals surface area (Å²) in [4.78, 5) is 11.6. The minimum Gasteiger partial charge on any atom is -0.346 e. The van der Waals surface area contributed by atoms with E-state index in [1.165, 1.54) is 18.2 Å². The van der Waals surface area contributed by atoms with Crippen molar-refractivity contribution in [1.29, 1.82) is 0 Å². The molecule has 0 aliphatic rings. The average Bonchev–Trinajstić information content (AvgIpc) is 2.17. The van der Waals surface area contributed by atoms with Crippen molar-refractivity contribution in [3.63, 3.8) is 0 Å². The monoisotopic (exact) mass is 227 g/mol. The number of nitrogens with one attached hydrogen (secondary N) is 1. The average molecular weight is 228 g/mol. The summed E-state index contributed by atoms with van der Waals surface area (Å²) in [7, 11) is 0. The van der Waals surface area contributed by atoms with Gasteiger partial charge in [-0.25, -0.2) is 4.39 Å². The molecule has 1 N–H and O–H groups in total. The van der Waals surface area contributed by atoms with Gasteiger partial charge >= 0.3 is 0 Å². The highest BCUT2D eigenvalue weighted by atomic mass is 35.5. The largest absolute Gasteiger partial charge is 0.346 e. The minimum absolute atomic E-state index is 0.101. The number of rotatable bonds is 3. The lowest BCUT2D eigenvalue weighted by Crippen LogP contribution is -2.31. The quantitative estimate of drug-likeness (QED) is 0.791. The predicted molar refractivity (Wildman–Crippen MR) is 58.5 cm³/mol. The number of hydrogen-bond donors (Lipinski definition) is 1. The molecular formula is C11H11ClFNO. The molecule has 0 spiro atoms. The topological polar surface area (TPSA) is 29.1 Å². The van der Waals surface area contributed by atoms with Crippen molar-refractivity contribution in [3.8, 4) is 0 Å². The fourth-order valence-corrected chi connectivity index (χ4v) is 1.30. The fourth-order valence-electron chi connectivity index (χ4n) is 1.05. The second-order valence-corrected chi connectivity index (χ2v) is 3.50. The van der Waals surface area contributed by atoms with Crippen molar-refractivity contribution in [2.45, 2.75) is 13.0 Å². The van der Waals surface area contributed by atoms with E-state index in [9.17, 15) is 9.18 Å². The van der Waals surface area contributed by atoms with Gasteiger partial charge in [-0.05, 0) is 19.1 Å². The molecule has 1 aromatic rings. The van der Waals surface area contributed by atoms with Gasteiger partial charge in [-0.3, -0.25) is 4.79 Å². The Bertz CT molecular complexity index is 372. The van der Waals surface area contributed by atoms with Crippen LogP contribution in [-0.2, 0) is 0 Å². The Morgan fingerprint density at radius 1 is 1.67 bits per heavy atom. The number of halogens is 2. The molecule has 4 heteroatoms. The van der Waals surface area contributed by atoms with Gasteiger partial charge in [0, 0.05) is 6.04 Å². The highest BCUT2D eigenvalue weighted by molar-refractivity contribution is 6.33. The van der Waals surface area contributed by atoms with Crippen LogP contribution in [0, 0.1) is 5.82 Å². The molecule has 1 amide bonds. The summed E-state index contributed by atoms with van der Waals surface area (Å²) in [5, 5.41) is 2.65. The van der Waals surface area contributed by atoms with Crippen LogP contribution in [0.3, 0.4) is 0 Å². The summed E-state index contributed by atoms with van der Waals surface area (Å²) in [6, 6.07) is 3.89. The molecule has 1 unspecified atom stereocenters. The van der Waals surface area contributed by atoms with Crippen LogP contribution in [0.4, 0.5) is 4.39 Å². The molecule has 0 saturated heterocycles. The molecule has 0 aliphatic heterocycles. The zero-order valence-corrected chi connectivity index (χ0v) is 9.01. The van der Waals surface area contributed by atoms with Gasteiger partial charge in [-0.1, -0.05) is 23.7 Å². The molecule has 0 bridgehead atoms. The second kappa shape index (κ2) is 4.94. The molecule has 0 saturated carbocycles. The van der Waals surface area contributed by atoms with Crippen molar-refractivity contribution < 1.29 is 9.18 Å². The lowest BCUT2D eigenvalue weighted by molar-refractivity contribution is 0.0943. The summed E-state index contributed by atoms with van der Waals surface area (Å²) < 4.78 is 13.3. The Morgan fingerprint density at radius 3 is 2.87 bits per heavy atom. The Balaban J connectivity index is 2.96. The van der Waals surface area contributed by atoms with Crippen molar-refractivity contribution in [2.75, 3.05) is 0 Å². The van der Waals surface area contributed by atoms with Gasteiger partial charge in [-0.15, -0.1) is 6.58 Å². The van der Waals surface area contributed by atoms with Crippen LogP contribution < -0.4 is 5.32 Å². The highest BCUT2D eigenvalue weighted by Crippen LogP contribution is 2.18. The third kappa shape index (κ3) is 2.80. The molecule has 1 atom stereocenters. The molecule has 0 radical (unpaired) electrons. The smallest absolute Gasteiger partial charge is 0.256 e. The maximum atomic E-state index is 13.3. The van der Waals surface area contributed by atoms with Crippen LogP contribution in [0.2, 0.25) is 5.02 Å². The Morgan fingerprint density at radius 2 is 2.33 bits per heavy atom. The molecule has 2 nitrogen and oxygen atoms in total. The first-order valence-corrected chi connectivity index (χ1v) is 4.81. The first kappa shape index (κ1) is 11.7. The van der Waals surface area contributed by atoms with Crippen LogP contribution in [-0.4, -0.2) is 11.9 Å². The lowest BCUT2D eigenvalue weighted by atomic mass is 10.2. The molecule has 0 aliphatic carbocycles. The minimum atomic E-state index is -0.628. The summed E-state index contributed by atoms with van der Waals surface area (Å²) in [5.41, 5.74) is -0.132. The Kier molecular flexibility index (Phi) is 3.86. The number of carbonyl (C=O) groups is 1. The molecule has 80 valence electrons. The number of benzene rings is 1. The van der Waals surface area contributed by atoms with Crippen molar-refractivity contribution >= 4 is 17.5 Å². The number of hydrogen-bond acceptors (Lipinski definition) is 1. The summed E-state index contributed by atoms with van der Waals surface area (Å²) >= 11 is 5.72. The van der Waals surface area contributed by atoms with Gasteiger partial charge in [0.05, 0.1) is 10.6 Å². The molecule has 0 fully saturated rings. The van der Waals surface area contributed by atoms with E-state index < -0.39 is 11.7 Å². The van der Waals surface area contributed by atoms with Gasteiger partial charge in [-0.2, -0.15) is 0 Å². The standard InChI is InChI=1S/C11H11ClFNO/c1-3-7(2)14-11(15)10-8(12)5-4-6-9(10)13/h3-7H,1H2,2H3,(H,14,15). The SMILES string of the molecule is C=CC(C)NC(=O)c1c(F)cccc1Cl. The van der Waals surface area contributed by atoms with E-state index in [0.29, 0.717) is 0 Å². The molecule has 0 aromatic heterocycles. The van der Waals surface area contributed by atoms with Crippen LogP contribution in [0.25, 0.3) is 0 Å². The first-order chi connectivity index (χ1) is 7.06. The van der Waals surface area contributed by atoms with Crippen molar-refractivity contribution in [2.24, 2.45) is 0 Å². The molecule has 15 heavy (non-hydrogen) atoms. The normalized spacial score (nSPS) is 11.9. The number of carbonyl (C=O) groups excluding carboxylic acids is 1. The number of amides is 1. The molecule has 0 heterocycles. The van der Waals surface area contributed by atoms with Gasteiger partial charge in [0.1, 0.15) is 5.82 Å². The van der Waals surface area contributed by atoms with E-state index in [2.05, 4.69) is 11.9 Å². The fraction of sp³-hybridized carbons (Fsp3) is 0.182. The molecule has 1 rings (SSSR count). The van der Waals surface area contributed by atoms with E-state index in [1.807, 2.05) is 0 Å². The lowest BCUT2D eigenvalue weighted by Gasteiger charge is -2.10. The second-order valence-electron chi connectivity index (χ2n) is 3.09. The van der Waals surface area contributed by atoms with Crippen LogP contribution in [0.15, 0.2) is 30.9 Å². The van der Waals surface area contributed by atoms with Gasteiger partial charge in [0.2, 0.25) is 0 Å². The third-order valence-corrected chi connectivity index (χ3v) is 2.22. The van der Waals surface area contributed by atoms with E-state index in [4.69, 9.17) is 11.6 Å². The van der Waals surface area contributed by atoms with Crippen LogP contribution in [0.1, 0.15) is 17.3 Å². The highest BCUT2D eigenvalue weighted by Gasteiger charge is 2.16. The van der Waals surface area contributed by atoms with Crippen molar-refractivity contribution in [3.05, 3.63) is 47.3 Å². The summed E-state index contributed by atoms with van der Waals surface area (Å²) in [6.45, 7) is 5.25. The van der Waals surface area contributed by atoms with E-state index in [-0.39, 0.29) is 16.6 Å². The van der Waals surface area contributed by atoms with Gasteiger partial charge in [0.15, 0.2) is 0 Å². The third-order valence-electron chi connectivity index (χ3n) is 1.90. The van der Waals surface area contributed by atoms with Crippen LogP contribution in [0.5, 0.6) is 0 Å². The predicted octanol–water partition coefficient (Wildman–Crippen LogP) is 2.78. The van der Waals surface area contributed by atoms with E-state index >= 15 is 0 Å². The van der Waals surface area contributed by atoms with Crippen molar-refractivity contribution in [1.82, 2.24) is 5.32 Å². The Hall–Kier alpha value is -1.35. The molecule has 1 aromatic carbocycles. The molecular weight excluding hydrogens is 217 g/mol. The zero-order valence-electron chi connectivity index (χ0n) is 8.26. The van der Waals surface area contributed by atoms with Gasteiger partial charge < -0.3 is 5.32 Å². The first-order valence-electron chi connectivity index (χ1n) is 4.43. The Labute approximate surface area is 92.7 Å². The maximum Gasteiger partial charge on any atom is 0.256 e. The maximum absolute atomic E-state index is 13.3. The van der Waals surface area contributed by atoms with E-state index in [0.717, 1.165) is 0 Å². The summed E-state index contributed by atoms with van der Waals surface area (Å²) in [6.07, 6.45) is 1.55. The van der Waals surface area contributed by atoms with Gasteiger partial charge in [0.25, 0.3) is 5.91 Å². The van der Waals surface area contributed by atoms with E-state index in [1.54, 1.807) is 13.0 Å². The van der Waals surface area contributed by atoms with Crippen LogP contribution >= 0.6 is 11.6 Å². The summed E-state index contributed by atoms with van der Waals surface area (Å²) in [5.74, 6) is -1.17. The zero-order chi connectivity index (χ0) is 11.4.